The van der Waals surface area contributed by atoms with Gasteiger partial charge in [-0.05, 0) is 24.3 Å². The number of nitrogens with one attached hydrogen (secondary N) is 3. The van der Waals surface area contributed by atoms with E-state index in [1.807, 2.05) is 24.4 Å². The summed E-state index contributed by atoms with van der Waals surface area (Å²) >= 11 is 0. The Morgan fingerprint density at radius 3 is 2.62 bits per heavy atom. The van der Waals surface area contributed by atoms with E-state index in [0.29, 0.717) is 6.54 Å². The van der Waals surface area contributed by atoms with Crippen molar-refractivity contribution in [2.75, 3.05) is 13.6 Å². The summed E-state index contributed by atoms with van der Waals surface area (Å²) in [5.41, 5.74) is 2.17. The highest BCUT2D eigenvalue weighted by Gasteiger charge is 2.04. The first-order chi connectivity index (χ1) is 11.2. The molecular formula is C18H28IN5. The second-order valence-corrected chi connectivity index (χ2v) is 6.00. The van der Waals surface area contributed by atoms with Gasteiger partial charge in [0.15, 0.2) is 5.96 Å². The van der Waals surface area contributed by atoms with Crippen LogP contribution in [0.5, 0.6) is 0 Å². The predicted octanol–water partition coefficient (Wildman–Crippen LogP) is 3.80. The van der Waals surface area contributed by atoms with E-state index < -0.39 is 0 Å². The molecule has 0 bridgehead atoms. The molecule has 24 heavy (non-hydrogen) atoms. The number of imidazole rings is 1. The number of guanidine groups is 1. The zero-order valence-corrected chi connectivity index (χ0v) is 17.0. The van der Waals surface area contributed by atoms with Gasteiger partial charge in [0.1, 0.15) is 5.82 Å². The summed E-state index contributed by atoms with van der Waals surface area (Å²) in [5, 5.41) is 6.61. The minimum Gasteiger partial charge on any atom is -0.356 e. The number of halogens is 1. The number of aliphatic imine (C=N–C) groups is 1. The molecule has 2 aromatic rings. The van der Waals surface area contributed by atoms with Crippen molar-refractivity contribution in [1.82, 2.24) is 20.6 Å². The van der Waals surface area contributed by atoms with Crippen LogP contribution < -0.4 is 10.6 Å². The maximum absolute atomic E-state index is 4.42. The van der Waals surface area contributed by atoms with Crippen LogP contribution in [0.4, 0.5) is 0 Å². The van der Waals surface area contributed by atoms with E-state index >= 15 is 0 Å². The third kappa shape index (κ3) is 6.90. The summed E-state index contributed by atoms with van der Waals surface area (Å²) in [6, 6.07) is 10.2. The minimum atomic E-state index is 0. The highest BCUT2D eigenvalue weighted by molar-refractivity contribution is 14.0. The van der Waals surface area contributed by atoms with Gasteiger partial charge < -0.3 is 15.6 Å². The number of aromatic amines is 1. The molecule has 0 saturated carbocycles. The van der Waals surface area contributed by atoms with Gasteiger partial charge in [-0.1, -0.05) is 44.2 Å². The third-order valence-electron chi connectivity index (χ3n) is 3.61. The van der Waals surface area contributed by atoms with E-state index in [1.165, 1.54) is 6.42 Å². The molecule has 1 aromatic heterocycles. The lowest BCUT2D eigenvalue weighted by Gasteiger charge is -2.11. The molecule has 0 aliphatic carbocycles. The Balaban J connectivity index is 0.00000288. The molecule has 0 saturated heterocycles. The molecule has 0 spiro atoms. The molecule has 0 unspecified atom stereocenters. The van der Waals surface area contributed by atoms with Crippen LogP contribution in [0.2, 0.25) is 0 Å². The molecule has 6 heteroatoms. The molecule has 5 nitrogen and oxygen atoms in total. The van der Waals surface area contributed by atoms with Gasteiger partial charge in [0, 0.05) is 13.6 Å². The monoisotopic (exact) mass is 441 g/mol. The molecule has 0 fully saturated rings. The Labute approximate surface area is 161 Å². The molecule has 0 aliphatic rings. The fraction of sp³-hybridized carbons (Fsp3) is 0.444. The van der Waals surface area contributed by atoms with Gasteiger partial charge in [0.05, 0.1) is 18.4 Å². The predicted molar refractivity (Wildman–Crippen MR) is 112 cm³/mol. The summed E-state index contributed by atoms with van der Waals surface area (Å²) in [6.45, 7) is 6.05. The third-order valence-corrected chi connectivity index (χ3v) is 3.61. The van der Waals surface area contributed by atoms with Crippen LogP contribution >= 0.6 is 24.0 Å². The second-order valence-electron chi connectivity index (χ2n) is 6.00. The molecule has 0 aliphatic heterocycles. The lowest BCUT2D eigenvalue weighted by atomic mass is 10.1. The van der Waals surface area contributed by atoms with Crippen LogP contribution in [-0.2, 0) is 6.54 Å². The first kappa shape index (κ1) is 20.5. The number of H-pyrrole nitrogens is 1. The van der Waals surface area contributed by atoms with Gasteiger partial charge in [-0.2, -0.15) is 0 Å². The SMILES string of the molecule is CN=C(NCCCC(C)C)NCc1ncc(-c2ccccc2)[nH]1.I. The first-order valence-electron chi connectivity index (χ1n) is 8.23. The lowest BCUT2D eigenvalue weighted by molar-refractivity contribution is 0.549. The molecule has 3 N–H and O–H groups in total. The molecule has 2 rings (SSSR count). The van der Waals surface area contributed by atoms with Crippen molar-refractivity contribution in [3.05, 3.63) is 42.4 Å². The Bertz CT molecular complexity index is 607. The summed E-state index contributed by atoms with van der Waals surface area (Å²) < 4.78 is 0. The van der Waals surface area contributed by atoms with E-state index in [9.17, 15) is 0 Å². The fourth-order valence-corrected chi connectivity index (χ4v) is 2.32. The van der Waals surface area contributed by atoms with E-state index in [-0.39, 0.29) is 24.0 Å². The quantitative estimate of drug-likeness (QED) is 0.265. The second kappa shape index (κ2) is 11.1. The smallest absolute Gasteiger partial charge is 0.191 e. The van der Waals surface area contributed by atoms with Gasteiger partial charge in [-0.15, -0.1) is 24.0 Å². The van der Waals surface area contributed by atoms with Crippen molar-refractivity contribution >= 4 is 29.9 Å². The number of hydrogen-bond donors (Lipinski definition) is 3. The van der Waals surface area contributed by atoms with E-state index in [4.69, 9.17) is 0 Å². The molecular weight excluding hydrogens is 413 g/mol. The van der Waals surface area contributed by atoms with Crippen LogP contribution in [0.3, 0.4) is 0 Å². The fourth-order valence-electron chi connectivity index (χ4n) is 2.32. The lowest BCUT2D eigenvalue weighted by Crippen LogP contribution is -2.37. The Morgan fingerprint density at radius 2 is 1.96 bits per heavy atom. The maximum Gasteiger partial charge on any atom is 0.191 e. The number of rotatable bonds is 7. The van der Waals surface area contributed by atoms with Gasteiger partial charge >= 0.3 is 0 Å². The maximum atomic E-state index is 4.42. The molecule has 0 atom stereocenters. The highest BCUT2D eigenvalue weighted by Crippen LogP contribution is 2.15. The number of benzene rings is 1. The zero-order chi connectivity index (χ0) is 16.5. The largest absolute Gasteiger partial charge is 0.356 e. The number of aromatic nitrogens is 2. The minimum absolute atomic E-state index is 0. The van der Waals surface area contributed by atoms with E-state index in [0.717, 1.165) is 41.9 Å². The summed E-state index contributed by atoms with van der Waals surface area (Å²) in [5.74, 6) is 2.45. The van der Waals surface area contributed by atoms with Gasteiger partial charge in [-0.25, -0.2) is 4.98 Å². The Hall–Kier alpha value is -1.57. The molecule has 132 valence electrons. The van der Waals surface area contributed by atoms with Crippen molar-refractivity contribution in [1.29, 1.82) is 0 Å². The van der Waals surface area contributed by atoms with Crippen LogP contribution in [-0.4, -0.2) is 29.5 Å². The summed E-state index contributed by atoms with van der Waals surface area (Å²) in [6.07, 6.45) is 4.24. The Morgan fingerprint density at radius 1 is 1.21 bits per heavy atom. The highest BCUT2D eigenvalue weighted by atomic mass is 127. The molecule has 0 amide bonds. The first-order valence-corrected chi connectivity index (χ1v) is 8.23. The average Bonchev–Trinajstić information content (AvgIpc) is 3.04. The van der Waals surface area contributed by atoms with Crippen molar-refractivity contribution in [3.8, 4) is 11.3 Å². The van der Waals surface area contributed by atoms with E-state index in [2.05, 4.69) is 51.6 Å². The van der Waals surface area contributed by atoms with Crippen molar-refractivity contribution in [2.24, 2.45) is 10.9 Å². The summed E-state index contributed by atoms with van der Waals surface area (Å²) in [7, 11) is 1.79. The zero-order valence-electron chi connectivity index (χ0n) is 14.7. The molecule has 1 aromatic carbocycles. The summed E-state index contributed by atoms with van der Waals surface area (Å²) in [4.78, 5) is 12.0. The standard InChI is InChI=1S/C18H27N5.HI/c1-14(2)8-7-11-20-18(19-3)22-13-17-21-12-16(23-17)15-9-5-4-6-10-15;/h4-6,9-10,12,14H,7-8,11,13H2,1-3H3,(H,21,23)(H2,19,20,22);1H. The topological polar surface area (TPSA) is 65.1 Å². The van der Waals surface area contributed by atoms with Crippen molar-refractivity contribution < 1.29 is 0 Å². The van der Waals surface area contributed by atoms with Gasteiger partial charge in [0.2, 0.25) is 0 Å². The number of hydrogen-bond acceptors (Lipinski definition) is 2. The van der Waals surface area contributed by atoms with Crippen LogP contribution in [0.15, 0.2) is 41.5 Å². The molecule has 1 heterocycles. The van der Waals surface area contributed by atoms with Crippen LogP contribution in [0.1, 0.15) is 32.5 Å². The number of nitrogens with zero attached hydrogens (tertiary/aromatic N) is 2. The van der Waals surface area contributed by atoms with Crippen LogP contribution in [0, 0.1) is 5.92 Å². The van der Waals surface area contributed by atoms with Crippen LogP contribution in [0.25, 0.3) is 11.3 Å². The normalized spacial score (nSPS) is 11.2. The van der Waals surface area contributed by atoms with Gasteiger partial charge in [-0.3, -0.25) is 4.99 Å². The molecule has 0 radical (unpaired) electrons. The Kier molecular flexibility index (Phi) is 9.44. The average molecular weight is 441 g/mol. The van der Waals surface area contributed by atoms with Crippen molar-refractivity contribution in [3.63, 3.8) is 0 Å². The van der Waals surface area contributed by atoms with Crippen molar-refractivity contribution in [2.45, 2.75) is 33.2 Å². The van der Waals surface area contributed by atoms with Gasteiger partial charge in [0.25, 0.3) is 0 Å². The van der Waals surface area contributed by atoms with E-state index in [1.54, 1.807) is 7.05 Å².